The van der Waals surface area contributed by atoms with Crippen LogP contribution < -0.4 is 10.6 Å². The molecule has 9 heteroatoms. The molecule has 0 atom stereocenters. The van der Waals surface area contributed by atoms with Gasteiger partial charge in [0, 0.05) is 43.3 Å². The van der Waals surface area contributed by atoms with E-state index in [-0.39, 0.29) is 17.9 Å². The first-order valence-electron chi connectivity index (χ1n) is 8.91. The third-order valence-corrected chi connectivity index (χ3v) is 6.32. The van der Waals surface area contributed by atoms with Crippen molar-refractivity contribution in [2.45, 2.75) is 48.7 Å². The van der Waals surface area contributed by atoms with Gasteiger partial charge in [0.2, 0.25) is 0 Å². The Kier molecular flexibility index (Phi) is 4.71. The summed E-state index contributed by atoms with van der Waals surface area (Å²) in [5.74, 6) is -0.366. The standard InChI is InChI=1S/C17H22N6O2S/c1-22-8-6-19-17(22)26-12-4-2-11(3-5-12)20-15(24)13-10-14-16(25)18-7-9-23(14)21-13/h6,8,10-12H,2-5,7,9H2,1H3,(H,18,25)(H,20,24). The molecule has 2 aromatic heterocycles. The number of fused-ring (bicyclic) bond motifs is 1. The molecule has 26 heavy (non-hydrogen) atoms. The molecular formula is C17H22N6O2S. The zero-order valence-electron chi connectivity index (χ0n) is 14.6. The Labute approximate surface area is 155 Å². The van der Waals surface area contributed by atoms with Crippen LogP contribution in [0.2, 0.25) is 0 Å². The number of aryl methyl sites for hydroxylation is 1. The first-order valence-corrected chi connectivity index (χ1v) is 9.79. The molecule has 0 aromatic carbocycles. The van der Waals surface area contributed by atoms with Gasteiger partial charge in [-0.05, 0) is 25.7 Å². The fourth-order valence-corrected chi connectivity index (χ4v) is 4.60. The Hall–Kier alpha value is -2.29. The number of rotatable bonds is 4. The average molecular weight is 374 g/mol. The molecule has 2 amide bonds. The van der Waals surface area contributed by atoms with Crippen LogP contribution in [0.4, 0.5) is 0 Å². The summed E-state index contributed by atoms with van der Waals surface area (Å²) in [6.07, 6.45) is 7.76. The van der Waals surface area contributed by atoms with Crippen molar-refractivity contribution in [1.82, 2.24) is 30.0 Å². The molecule has 1 aliphatic carbocycles. The van der Waals surface area contributed by atoms with Crippen molar-refractivity contribution in [3.63, 3.8) is 0 Å². The Bertz CT molecular complexity index is 821. The van der Waals surface area contributed by atoms with E-state index >= 15 is 0 Å². The fraction of sp³-hybridized carbons (Fsp3) is 0.529. The van der Waals surface area contributed by atoms with E-state index in [0.717, 1.165) is 30.8 Å². The number of hydrogen-bond donors (Lipinski definition) is 2. The summed E-state index contributed by atoms with van der Waals surface area (Å²) in [6.45, 7) is 1.15. The second-order valence-electron chi connectivity index (χ2n) is 6.78. The Balaban J connectivity index is 1.31. The van der Waals surface area contributed by atoms with Crippen LogP contribution in [-0.4, -0.2) is 49.0 Å². The molecule has 0 spiro atoms. The van der Waals surface area contributed by atoms with Gasteiger partial charge in [0.1, 0.15) is 5.69 Å². The highest BCUT2D eigenvalue weighted by Gasteiger charge is 2.26. The van der Waals surface area contributed by atoms with Crippen LogP contribution >= 0.6 is 11.8 Å². The van der Waals surface area contributed by atoms with Crippen LogP contribution in [0.3, 0.4) is 0 Å². The van der Waals surface area contributed by atoms with Crippen LogP contribution in [0.5, 0.6) is 0 Å². The summed E-state index contributed by atoms with van der Waals surface area (Å²) in [4.78, 5) is 28.6. The minimum atomic E-state index is -0.195. The second kappa shape index (κ2) is 7.14. The number of carbonyl (C=O) groups excluding carboxylic acids is 2. The average Bonchev–Trinajstić information content (AvgIpc) is 3.24. The number of thioether (sulfide) groups is 1. The van der Waals surface area contributed by atoms with Crippen molar-refractivity contribution in [1.29, 1.82) is 0 Å². The Morgan fingerprint density at radius 3 is 2.85 bits per heavy atom. The molecule has 1 fully saturated rings. The third-order valence-electron chi connectivity index (χ3n) is 4.91. The highest BCUT2D eigenvalue weighted by molar-refractivity contribution is 7.99. The number of nitrogens with one attached hydrogen (secondary N) is 2. The van der Waals surface area contributed by atoms with Gasteiger partial charge in [-0.2, -0.15) is 5.10 Å². The van der Waals surface area contributed by atoms with Crippen molar-refractivity contribution in [3.05, 3.63) is 29.8 Å². The van der Waals surface area contributed by atoms with Crippen molar-refractivity contribution in [2.75, 3.05) is 6.54 Å². The molecule has 1 aliphatic heterocycles. The van der Waals surface area contributed by atoms with E-state index in [9.17, 15) is 9.59 Å². The predicted molar refractivity (Wildman–Crippen MR) is 97.1 cm³/mol. The molecule has 4 rings (SSSR count). The minimum Gasteiger partial charge on any atom is -0.349 e. The van der Waals surface area contributed by atoms with Gasteiger partial charge in [0.25, 0.3) is 11.8 Å². The van der Waals surface area contributed by atoms with Gasteiger partial charge in [-0.15, -0.1) is 0 Å². The number of hydrogen-bond acceptors (Lipinski definition) is 5. The maximum atomic E-state index is 12.5. The summed E-state index contributed by atoms with van der Waals surface area (Å²) in [6, 6.07) is 1.74. The van der Waals surface area contributed by atoms with Gasteiger partial charge in [-0.3, -0.25) is 14.3 Å². The van der Waals surface area contributed by atoms with E-state index in [1.165, 1.54) is 0 Å². The zero-order valence-corrected chi connectivity index (χ0v) is 15.5. The molecule has 1 saturated carbocycles. The van der Waals surface area contributed by atoms with Crippen LogP contribution in [-0.2, 0) is 13.6 Å². The molecule has 0 radical (unpaired) electrons. The van der Waals surface area contributed by atoms with Crippen LogP contribution in [0.1, 0.15) is 46.7 Å². The van der Waals surface area contributed by atoms with E-state index in [2.05, 4.69) is 20.7 Å². The molecule has 0 saturated heterocycles. The van der Waals surface area contributed by atoms with E-state index in [4.69, 9.17) is 0 Å². The lowest BCUT2D eigenvalue weighted by Gasteiger charge is -2.28. The van der Waals surface area contributed by atoms with Crippen molar-refractivity contribution < 1.29 is 9.59 Å². The lowest BCUT2D eigenvalue weighted by atomic mass is 9.95. The van der Waals surface area contributed by atoms with Crippen molar-refractivity contribution >= 4 is 23.6 Å². The molecular weight excluding hydrogens is 352 g/mol. The Morgan fingerprint density at radius 2 is 2.15 bits per heavy atom. The van der Waals surface area contributed by atoms with Gasteiger partial charge < -0.3 is 15.2 Å². The number of carbonyl (C=O) groups is 2. The highest BCUT2D eigenvalue weighted by atomic mass is 32.2. The largest absolute Gasteiger partial charge is 0.349 e. The summed E-state index contributed by atoms with van der Waals surface area (Å²) in [5, 5.41) is 11.7. The number of amides is 2. The summed E-state index contributed by atoms with van der Waals surface area (Å²) >= 11 is 1.81. The number of nitrogens with zero attached hydrogens (tertiary/aromatic N) is 4. The van der Waals surface area contributed by atoms with Gasteiger partial charge in [-0.1, -0.05) is 11.8 Å². The van der Waals surface area contributed by atoms with Gasteiger partial charge >= 0.3 is 0 Å². The summed E-state index contributed by atoms with van der Waals surface area (Å²) in [5.41, 5.74) is 0.776. The first kappa shape index (κ1) is 17.1. The number of imidazole rings is 1. The summed E-state index contributed by atoms with van der Waals surface area (Å²) in [7, 11) is 2.01. The molecule has 2 aliphatic rings. The number of aromatic nitrogens is 4. The molecule has 0 bridgehead atoms. The second-order valence-corrected chi connectivity index (χ2v) is 8.05. The monoisotopic (exact) mass is 374 g/mol. The van der Waals surface area contributed by atoms with Gasteiger partial charge in [0.15, 0.2) is 10.9 Å². The maximum Gasteiger partial charge on any atom is 0.272 e. The quantitative estimate of drug-likeness (QED) is 0.839. The van der Waals surface area contributed by atoms with E-state index in [0.29, 0.717) is 29.7 Å². The summed E-state index contributed by atoms with van der Waals surface area (Å²) < 4.78 is 3.64. The molecule has 3 heterocycles. The SMILES string of the molecule is Cn1ccnc1SC1CCC(NC(=O)c2cc3n(n2)CCNC3=O)CC1. The van der Waals surface area contributed by atoms with Crippen molar-refractivity contribution in [3.8, 4) is 0 Å². The highest BCUT2D eigenvalue weighted by Crippen LogP contribution is 2.32. The van der Waals surface area contributed by atoms with E-state index < -0.39 is 0 Å². The van der Waals surface area contributed by atoms with Gasteiger partial charge in [-0.25, -0.2) is 4.98 Å². The normalized spacial score (nSPS) is 22.6. The smallest absolute Gasteiger partial charge is 0.272 e. The van der Waals surface area contributed by atoms with Crippen LogP contribution in [0.15, 0.2) is 23.6 Å². The zero-order chi connectivity index (χ0) is 18.1. The Morgan fingerprint density at radius 1 is 1.35 bits per heavy atom. The minimum absolute atomic E-state index is 0.160. The third kappa shape index (κ3) is 3.48. The molecule has 2 N–H and O–H groups in total. The molecule has 8 nitrogen and oxygen atoms in total. The van der Waals surface area contributed by atoms with Gasteiger partial charge in [0.05, 0.1) is 6.54 Å². The van der Waals surface area contributed by atoms with Crippen molar-refractivity contribution in [2.24, 2.45) is 7.05 Å². The van der Waals surface area contributed by atoms with E-state index in [1.54, 1.807) is 10.7 Å². The lowest BCUT2D eigenvalue weighted by Crippen LogP contribution is -2.38. The fourth-order valence-electron chi connectivity index (χ4n) is 3.45. The van der Waals surface area contributed by atoms with Crippen LogP contribution in [0.25, 0.3) is 0 Å². The molecule has 2 aromatic rings. The lowest BCUT2D eigenvalue weighted by molar-refractivity contribution is 0.0912. The first-order chi connectivity index (χ1) is 12.6. The van der Waals surface area contributed by atoms with E-state index in [1.807, 2.05) is 35.8 Å². The molecule has 0 unspecified atom stereocenters. The predicted octanol–water partition coefficient (Wildman–Crippen LogP) is 1.19. The topological polar surface area (TPSA) is 93.8 Å². The maximum absolute atomic E-state index is 12.5. The molecule has 138 valence electrons. The van der Waals surface area contributed by atoms with Crippen LogP contribution in [0, 0.1) is 0 Å².